The van der Waals surface area contributed by atoms with Crippen LogP contribution in [-0.2, 0) is 0 Å². The molecule has 1 saturated heterocycles. The summed E-state index contributed by atoms with van der Waals surface area (Å²) >= 11 is 0. The minimum Gasteiger partial charge on any atom is -0.389 e. The van der Waals surface area contributed by atoms with Crippen LogP contribution in [-0.4, -0.2) is 35.2 Å². The molecule has 1 heterocycles. The Labute approximate surface area is 81.2 Å². The molecule has 0 atom stereocenters. The predicted octanol–water partition coefficient (Wildman–Crippen LogP) is 1.80. The van der Waals surface area contributed by atoms with Gasteiger partial charge < -0.3 is 10.0 Å². The van der Waals surface area contributed by atoms with Gasteiger partial charge in [0, 0.05) is 13.1 Å². The highest BCUT2D eigenvalue weighted by Crippen LogP contribution is 2.27. The van der Waals surface area contributed by atoms with Crippen LogP contribution in [0.1, 0.15) is 33.1 Å². The average molecular weight is 183 g/mol. The molecule has 1 fully saturated rings. The number of aliphatic hydroxyl groups is 1. The molecule has 0 radical (unpaired) electrons. The second-order valence-electron chi connectivity index (χ2n) is 4.29. The first-order valence-corrected chi connectivity index (χ1v) is 5.15. The summed E-state index contributed by atoms with van der Waals surface area (Å²) in [6.07, 6.45) is 2.56. The van der Waals surface area contributed by atoms with Crippen molar-refractivity contribution in [3.05, 3.63) is 12.2 Å². The summed E-state index contributed by atoms with van der Waals surface area (Å²) < 4.78 is 0. The van der Waals surface area contributed by atoms with Crippen LogP contribution in [0.5, 0.6) is 0 Å². The van der Waals surface area contributed by atoms with Crippen molar-refractivity contribution in [2.75, 3.05) is 19.6 Å². The van der Waals surface area contributed by atoms with E-state index in [1.54, 1.807) is 0 Å². The Bertz CT molecular complexity index is 181. The zero-order chi connectivity index (χ0) is 9.90. The van der Waals surface area contributed by atoms with E-state index in [2.05, 4.69) is 18.4 Å². The number of piperidine rings is 1. The van der Waals surface area contributed by atoms with Crippen LogP contribution in [0.4, 0.5) is 0 Å². The molecule has 1 aliphatic rings. The van der Waals surface area contributed by atoms with Crippen molar-refractivity contribution in [1.29, 1.82) is 0 Å². The summed E-state index contributed by atoms with van der Waals surface area (Å²) in [6.45, 7) is 11.2. The lowest BCUT2D eigenvalue weighted by Gasteiger charge is -2.38. The Kier molecular flexibility index (Phi) is 3.51. The first-order valence-electron chi connectivity index (χ1n) is 5.15. The molecule has 0 aliphatic carbocycles. The van der Waals surface area contributed by atoms with Gasteiger partial charge in [-0.05, 0) is 32.7 Å². The van der Waals surface area contributed by atoms with Crippen LogP contribution >= 0.6 is 0 Å². The fourth-order valence-corrected chi connectivity index (χ4v) is 2.02. The quantitative estimate of drug-likeness (QED) is 0.674. The third-order valence-electron chi connectivity index (χ3n) is 2.86. The highest BCUT2D eigenvalue weighted by molar-refractivity contribution is 4.99. The van der Waals surface area contributed by atoms with Crippen molar-refractivity contribution in [3.63, 3.8) is 0 Å². The second-order valence-corrected chi connectivity index (χ2v) is 4.29. The van der Waals surface area contributed by atoms with Gasteiger partial charge in [-0.3, -0.25) is 0 Å². The fourth-order valence-electron chi connectivity index (χ4n) is 2.02. The van der Waals surface area contributed by atoms with Crippen LogP contribution in [0.25, 0.3) is 0 Å². The van der Waals surface area contributed by atoms with E-state index in [0.29, 0.717) is 0 Å². The predicted molar refractivity (Wildman–Crippen MR) is 55.7 cm³/mol. The minimum atomic E-state index is -0.461. The van der Waals surface area contributed by atoms with E-state index in [-0.39, 0.29) is 0 Å². The topological polar surface area (TPSA) is 23.5 Å². The number of hydrogen-bond donors (Lipinski definition) is 1. The Morgan fingerprint density at radius 2 is 2.00 bits per heavy atom. The summed E-state index contributed by atoms with van der Waals surface area (Å²) in [5.41, 5.74) is 0.629. The largest absolute Gasteiger partial charge is 0.389 e. The average Bonchev–Trinajstić information content (AvgIpc) is 2.04. The maximum Gasteiger partial charge on any atom is 0.0708 e. The summed E-state index contributed by atoms with van der Waals surface area (Å²) in [5, 5.41) is 10.2. The number of nitrogens with zero attached hydrogens (tertiary/aromatic N) is 1. The standard InChI is InChI=1S/C11H21NO/c1-4-12-7-5-11(13,6-8-12)9-10(2)3/h13H,2,4-9H2,1,3H3. The van der Waals surface area contributed by atoms with E-state index in [0.717, 1.165) is 44.5 Å². The normalized spacial score (nSPS) is 23.0. The third kappa shape index (κ3) is 3.12. The molecule has 0 aromatic rings. The van der Waals surface area contributed by atoms with Gasteiger partial charge in [0.15, 0.2) is 0 Å². The van der Waals surface area contributed by atoms with E-state index in [1.807, 2.05) is 6.92 Å². The molecular weight excluding hydrogens is 162 g/mol. The zero-order valence-electron chi connectivity index (χ0n) is 8.84. The van der Waals surface area contributed by atoms with Crippen LogP contribution < -0.4 is 0 Å². The zero-order valence-corrected chi connectivity index (χ0v) is 8.84. The molecule has 2 heteroatoms. The third-order valence-corrected chi connectivity index (χ3v) is 2.86. The Hall–Kier alpha value is -0.340. The molecule has 76 valence electrons. The van der Waals surface area contributed by atoms with Gasteiger partial charge in [0.25, 0.3) is 0 Å². The van der Waals surface area contributed by atoms with Crippen LogP contribution in [0, 0.1) is 0 Å². The first-order chi connectivity index (χ1) is 6.06. The molecular formula is C11H21NO. The summed E-state index contributed by atoms with van der Waals surface area (Å²) in [5.74, 6) is 0. The lowest BCUT2D eigenvalue weighted by molar-refractivity contribution is -0.0192. The summed E-state index contributed by atoms with van der Waals surface area (Å²) in [4.78, 5) is 2.38. The van der Waals surface area contributed by atoms with Crippen molar-refractivity contribution < 1.29 is 5.11 Å². The lowest BCUT2D eigenvalue weighted by Crippen LogP contribution is -2.44. The van der Waals surface area contributed by atoms with Crippen molar-refractivity contribution in [3.8, 4) is 0 Å². The Balaban J connectivity index is 2.41. The molecule has 0 saturated carbocycles. The van der Waals surface area contributed by atoms with Crippen LogP contribution in [0.15, 0.2) is 12.2 Å². The van der Waals surface area contributed by atoms with Crippen molar-refractivity contribution >= 4 is 0 Å². The van der Waals surface area contributed by atoms with Gasteiger partial charge in [0.05, 0.1) is 5.60 Å². The van der Waals surface area contributed by atoms with E-state index in [9.17, 15) is 5.11 Å². The molecule has 0 unspecified atom stereocenters. The minimum absolute atomic E-state index is 0.461. The van der Waals surface area contributed by atoms with Crippen molar-refractivity contribution in [2.24, 2.45) is 0 Å². The van der Waals surface area contributed by atoms with E-state index < -0.39 is 5.60 Å². The van der Waals surface area contributed by atoms with Gasteiger partial charge in [-0.25, -0.2) is 0 Å². The second kappa shape index (κ2) is 4.25. The van der Waals surface area contributed by atoms with Crippen molar-refractivity contribution in [1.82, 2.24) is 4.90 Å². The number of hydrogen-bond acceptors (Lipinski definition) is 2. The molecule has 0 aromatic heterocycles. The fraction of sp³-hybridized carbons (Fsp3) is 0.818. The van der Waals surface area contributed by atoms with Crippen LogP contribution in [0.3, 0.4) is 0 Å². The molecule has 1 aliphatic heterocycles. The maximum atomic E-state index is 10.2. The maximum absolute atomic E-state index is 10.2. The van der Waals surface area contributed by atoms with Gasteiger partial charge in [-0.2, -0.15) is 0 Å². The monoisotopic (exact) mass is 183 g/mol. The van der Waals surface area contributed by atoms with Gasteiger partial charge in [-0.15, -0.1) is 6.58 Å². The van der Waals surface area contributed by atoms with E-state index in [1.165, 1.54) is 0 Å². The molecule has 1 rings (SSSR count). The molecule has 0 amide bonds. The summed E-state index contributed by atoms with van der Waals surface area (Å²) in [6, 6.07) is 0. The number of likely N-dealkylation sites (tertiary alicyclic amines) is 1. The van der Waals surface area contributed by atoms with Crippen LogP contribution in [0.2, 0.25) is 0 Å². The molecule has 2 nitrogen and oxygen atoms in total. The van der Waals surface area contributed by atoms with Gasteiger partial charge in [-0.1, -0.05) is 12.5 Å². The number of rotatable bonds is 3. The highest BCUT2D eigenvalue weighted by atomic mass is 16.3. The SMILES string of the molecule is C=C(C)CC1(O)CCN(CC)CC1. The van der Waals surface area contributed by atoms with Gasteiger partial charge >= 0.3 is 0 Å². The van der Waals surface area contributed by atoms with E-state index in [4.69, 9.17) is 0 Å². The smallest absolute Gasteiger partial charge is 0.0708 e. The highest BCUT2D eigenvalue weighted by Gasteiger charge is 2.31. The van der Waals surface area contributed by atoms with Gasteiger partial charge in [0.1, 0.15) is 0 Å². The van der Waals surface area contributed by atoms with Crippen molar-refractivity contribution in [2.45, 2.75) is 38.7 Å². The first kappa shape index (κ1) is 10.7. The Morgan fingerprint density at radius 1 is 1.46 bits per heavy atom. The van der Waals surface area contributed by atoms with Gasteiger partial charge in [0.2, 0.25) is 0 Å². The molecule has 1 N–H and O–H groups in total. The molecule has 0 bridgehead atoms. The Morgan fingerprint density at radius 3 is 2.38 bits per heavy atom. The molecule has 13 heavy (non-hydrogen) atoms. The lowest BCUT2D eigenvalue weighted by atomic mass is 9.86. The molecule has 0 spiro atoms. The van der Waals surface area contributed by atoms with E-state index >= 15 is 0 Å². The summed E-state index contributed by atoms with van der Waals surface area (Å²) in [7, 11) is 0. The molecule has 0 aromatic carbocycles.